The highest BCUT2D eigenvalue weighted by Gasteiger charge is 2.63. The molecule has 0 saturated heterocycles. The van der Waals surface area contributed by atoms with Crippen LogP contribution in [0.4, 0.5) is 0 Å². The summed E-state index contributed by atoms with van der Waals surface area (Å²) in [6.45, 7) is 10.4. The number of hydrogen-bond donors (Lipinski definition) is 0. The third kappa shape index (κ3) is 3.71. The molecule has 0 amide bonds. The molecule has 4 heteroatoms. The fraction of sp³-hybridized carbons (Fsp3) is 0.636. The van der Waals surface area contributed by atoms with Crippen molar-refractivity contribution in [2.45, 2.75) is 64.2 Å². The first kappa shape index (κ1) is 21.4. The molecule has 0 N–H and O–H groups in total. The SMILES string of the molecule is COC1=CC(=O)[C@H]2C(=O)[C@]1(CC=C(C)C)C[C@H](I)[C@@]2(C)CCC=C(C)C. The van der Waals surface area contributed by atoms with Crippen molar-refractivity contribution in [3.05, 3.63) is 35.1 Å². The third-order valence-electron chi connectivity index (χ3n) is 5.98. The van der Waals surface area contributed by atoms with Crippen molar-refractivity contribution in [3.63, 3.8) is 0 Å². The van der Waals surface area contributed by atoms with E-state index < -0.39 is 11.3 Å². The number of fused-ring (bicyclic) bond motifs is 2. The normalized spacial score (nSPS) is 33.4. The van der Waals surface area contributed by atoms with Crippen LogP contribution in [0.1, 0.15) is 60.3 Å². The largest absolute Gasteiger partial charge is 0.500 e. The second kappa shape index (κ2) is 7.99. The fourth-order valence-electron chi connectivity index (χ4n) is 4.31. The van der Waals surface area contributed by atoms with E-state index in [1.165, 1.54) is 11.1 Å². The Bertz CT molecular complexity index is 680. The second-order valence-corrected chi connectivity index (χ2v) is 9.98. The summed E-state index contributed by atoms with van der Waals surface area (Å²) < 4.78 is 5.80. The maximum atomic E-state index is 13.6. The standard InChI is InChI=1S/C22H31IO3/c1-14(2)8-7-10-21(5)17(23)13-22(11-9-15(3)4)18(26-6)12-16(24)19(21)20(22)25/h8-9,12,17,19H,7,10-11,13H2,1-6H3/t17-,19-,21+,22+/m0/s1. The maximum absolute atomic E-state index is 13.6. The van der Waals surface area contributed by atoms with Crippen molar-refractivity contribution >= 4 is 34.2 Å². The van der Waals surface area contributed by atoms with Crippen molar-refractivity contribution in [2.75, 3.05) is 7.11 Å². The number of allylic oxidation sites excluding steroid dienone is 6. The molecule has 0 spiro atoms. The number of halogens is 1. The zero-order valence-corrected chi connectivity index (χ0v) is 19.0. The Balaban J connectivity index is 2.49. The molecule has 0 aromatic carbocycles. The zero-order valence-electron chi connectivity index (χ0n) is 16.8. The minimum absolute atomic E-state index is 0.0620. The molecule has 0 heterocycles. The molecule has 3 nitrogen and oxygen atoms in total. The van der Waals surface area contributed by atoms with Crippen LogP contribution < -0.4 is 0 Å². The molecule has 4 atom stereocenters. The smallest absolute Gasteiger partial charge is 0.170 e. The number of ether oxygens (including phenoxy) is 1. The van der Waals surface area contributed by atoms with Gasteiger partial charge < -0.3 is 4.74 Å². The van der Waals surface area contributed by atoms with E-state index in [9.17, 15) is 9.59 Å². The highest BCUT2D eigenvalue weighted by atomic mass is 127. The van der Waals surface area contributed by atoms with Gasteiger partial charge in [-0.05, 0) is 58.8 Å². The molecule has 2 aliphatic carbocycles. The molecule has 1 saturated carbocycles. The van der Waals surface area contributed by atoms with Crippen molar-refractivity contribution in [1.82, 2.24) is 0 Å². The molecule has 144 valence electrons. The molecule has 2 aliphatic rings. The number of alkyl halides is 1. The summed E-state index contributed by atoms with van der Waals surface area (Å²) in [5, 5.41) is 0. The Morgan fingerprint density at radius 1 is 1.23 bits per heavy atom. The number of carbonyl (C=O) groups excluding carboxylic acids is 2. The molecular weight excluding hydrogens is 439 g/mol. The van der Waals surface area contributed by atoms with Crippen LogP contribution in [0.5, 0.6) is 0 Å². The molecule has 0 aromatic heterocycles. The van der Waals surface area contributed by atoms with Gasteiger partial charge in [0.2, 0.25) is 0 Å². The Morgan fingerprint density at radius 2 is 1.85 bits per heavy atom. The summed E-state index contributed by atoms with van der Waals surface area (Å²) in [6, 6.07) is 0. The van der Waals surface area contributed by atoms with E-state index in [2.05, 4.69) is 55.5 Å². The fourth-order valence-corrected chi connectivity index (χ4v) is 5.74. The lowest BCUT2D eigenvalue weighted by molar-refractivity contribution is -0.150. The molecule has 0 radical (unpaired) electrons. The summed E-state index contributed by atoms with van der Waals surface area (Å²) in [4.78, 5) is 26.5. The minimum Gasteiger partial charge on any atom is -0.500 e. The summed E-state index contributed by atoms with van der Waals surface area (Å²) in [5.74, 6) is -0.0323. The molecular formula is C22H31IO3. The predicted molar refractivity (Wildman–Crippen MR) is 114 cm³/mol. The molecule has 2 rings (SSSR count). The van der Waals surface area contributed by atoms with E-state index in [4.69, 9.17) is 4.74 Å². The third-order valence-corrected chi connectivity index (χ3v) is 7.84. The van der Waals surface area contributed by atoms with Crippen LogP contribution in [-0.4, -0.2) is 22.6 Å². The molecule has 1 fully saturated rings. The van der Waals surface area contributed by atoms with Crippen LogP contribution >= 0.6 is 22.6 Å². The van der Waals surface area contributed by atoms with E-state index in [0.29, 0.717) is 12.2 Å². The lowest BCUT2D eigenvalue weighted by Crippen LogP contribution is -2.59. The van der Waals surface area contributed by atoms with Crippen molar-refractivity contribution in [1.29, 1.82) is 0 Å². The van der Waals surface area contributed by atoms with Gasteiger partial charge in [-0.2, -0.15) is 0 Å². The van der Waals surface area contributed by atoms with Gasteiger partial charge in [-0.25, -0.2) is 0 Å². The molecule has 0 unspecified atom stereocenters. The van der Waals surface area contributed by atoms with Gasteiger partial charge in [0, 0.05) is 10.0 Å². The summed E-state index contributed by atoms with van der Waals surface area (Å²) in [5.41, 5.74) is 1.45. The molecule has 0 aromatic rings. The summed E-state index contributed by atoms with van der Waals surface area (Å²) >= 11 is 2.47. The van der Waals surface area contributed by atoms with E-state index in [1.807, 2.05) is 13.8 Å². The first-order chi connectivity index (χ1) is 12.1. The number of rotatable bonds is 6. The number of methoxy groups -OCH3 is 1. The topological polar surface area (TPSA) is 43.4 Å². The number of ketones is 2. The molecule has 26 heavy (non-hydrogen) atoms. The van der Waals surface area contributed by atoms with E-state index in [1.54, 1.807) is 13.2 Å². The lowest BCUT2D eigenvalue weighted by atomic mass is 9.51. The Labute approximate surface area is 171 Å². The number of Topliss-reactive ketones (excluding diaryl/α,β-unsaturated/α-hetero) is 1. The van der Waals surface area contributed by atoms with Gasteiger partial charge in [0.15, 0.2) is 11.6 Å². The van der Waals surface area contributed by atoms with Crippen LogP contribution in [0.15, 0.2) is 35.1 Å². The second-order valence-electron chi connectivity index (χ2n) is 8.48. The van der Waals surface area contributed by atoms with Gasteiger partial charge in [0.25, 0.3) is 0 Å². The van der Waals surface area contributed by atoms with Crippen molar-refractivity contribution < 1.29 is 14.3 Å². The van der Waals surface area contributed by atoms with Crippen LogP contribution in [-0.2, 0) is 14.3 Å². The van der Waals surface area contributed by atoms with E-state index >= 15 is 0 Å². The molecule has 0 aliphatic heterocycles. The first-order valence-corrected chi connectivity index (χ1v) is 10.6. The quantitative estimate of drug-likeness (QED) is 0.220. The monoisotopic (exact) mass is 470 g/mol. The zero-order chi connectivity index (χ0) is 19.7. The van der Waals surface area contributed by atoms with E-state index in [-0.39, 0.29) is 20.9 Å². The van der Waals surface area contributed by atoms with Gasteiger partial charge in [-0.15, -0.1) is 0 Å². The Kier molecular flexibility index (Phi) is 6.57. The molecule has 2 bridgehead atoms. The van der Waals surface area contributed by atoms with Gasteiger partial charge >= 0.3 is 0 Å². The highest BCUT2D eigenvalue weighted by molar-refractivity contribution is 14.1. The van der Waals surface area contributed by atoms with Gasteiger partial charge in [0.1, 0.15) is 5.76 Å². The average molecular weight is 470 g/mol. The van der Waals surface area contributed by atoms with Crippen molar-refractivity contribution in [2.24, 2.45) is 16.7 Å². The van der Waals surface area contributed by atoms with Crippen LogP contribution in [0.2, 0.25) is 0 Å². The Morgan fingerprint density at radius 3 is 2.38 bits per heavy atom. The van der Waals surface area contributed by atoms with Gasteiger partial charge in [-0.1, -0.05) is 52.8 Å². The first-order valence-electron chi connectivity index (χ1n) is 9.33. The summed E-state index contributed by atoms with van der Waals surface area (Å²) in [7, 11) is 1.57. The average Bonchev–Trinajstić information content (AvgIpc) is 2.54. The Hall–Kier alpha value is -0.910. The van der Waals surface area contributed by atoms with Crippen LogP contribution in [0, 0.1) is 16.7 Å². The maximum Gasteiger partial charge on any atom is 0.170 e. The van der Waals surface area contributed by atoms with Gasteiger partial charge in [-0.3, -0.25) is 9.59 Å². The highest BCUT2D eigenvalue weighted by Crippen LogP contribution is 2.58. The van der Waals surface area contributed by atoms with Crippen LogP contribution in [0.3, 0.4) is 0 Å². The van der Waals surface area contributed by atoms with Gasteiger partial charge in [0.05, 0.1) is 18.4 Å². The summed E-state index contributed by atoms with van der Waals surface area (Å²) in [6.07, 6.45) is 9.00. The van der Waals surface area contributed by atoms with E-state index in [0.717, 1.165) is 19.3 Å². The minimum atomic E-state index is -0.688. The predicted octanol–water partition coefficient (Wildman–Crippen LogP) is 5.59. The number of hydrogen-bond acceptors (Lipinski definition) is 3. The van der Waals surface area contributed by atoms with Crippen molar-refractivity contribution in [3.8, 4) is 0 Å². The van der Waals surface area contributed by atoms with Crippen LogP contribution in [0.25, 0.3) is 0 Å². The lowest BCUT2D eigenvalue weighted by Gasteiger charge is -2.53. The number of carbonyl (C=O) groups is 2.